The molecule has 1 aliphatic heterocycles. The fourth-order valence-corrected chi connectivity index (χ4v) is 3.66. The van der Waals surface area contributed by atoms with Gasteiger partial charge in [-0.3, -0.25) is 0 Å². The van der Waals surface area contributed by atoms with Gasteiger partial charge in [0.25, 0.3) is 0 Å². The summed E-state index contributed by atoms with van der Waals surface area (Å²) in [5, 5.41) is 9.37. The van der Waals surface area contributed by atoms with E-state index < -0.39 is 10.0 Å². The van der Waals surface area contributed by atoms with Crippen molar-refractivity contribution in [3.63, 3.8) is 0 Å². The fourth-order valence-electron chi connectivity index (χ4n) is 2.11. The number of nitrogens with zero attached hydrogens (tertiary/aromatic N) is 1. The molecule has 0 aromatic heterocycles. The topological polar surface area (TPSA) is 66.8 Å². The largest absolute Gasteiger partial charge is 0.508 e. The number of methoxy groups -OCH3 is 1. The predicted molar refractivity (Wildman–Crippen MR) is 66.9 cm³/mol. The van der Waals surface area contributed by atoms with E-state index in [1.165, 1.54) is 28.6 Å². The van der Waals surface area contributed by atoms with Gasteiger partial charge in [0, 0.05) is 20.2 Å². The van der Waals surface area contributed by atoms with Gasteiger partial charge in [0.1, 0.15) is 5.75 Å². The molecular formula is C12H17NO4S. The van der Waals surface area contributed by atoms with E-state index in [1.807, 2.05) is 0 Å². The van der Waals surface area contributed by atoms with E-state index in [0.29, 0.717) is 13.1 Å². The van der Waals surface area contributed by atoms with Crippen molar-refractivity contribution in [3.8, 4) is 5.75 Å². The number of piperidine rings is 1. The number of phenols is 1. The van der Waals surface area contributed by atoms with E-state index in [-0.39, 0.29) is 16.7 Å². The van der Waals surface area contributed by atoms with Crippen LogP contribution in [0.15, 0.2) is 29.2 Å². The first-order valence-electron chi connectivity index (χ1n) is 5.86. The summed E-state index contributed by atoms with van der Waals surface area (Å²) >= 11 is 0. The van der Waals surface area contributed by atoms with Gasteiger partial charge in [-0.2, -0.15) is 4.31 Å². The fraction of sp³-hybridized carbons (Fsp3) is 0.500. The number of rotatable bonds is 3. The second kappa shape index (κ2) is 5.26. The summed E-state index contributed by atoms with van der Waals surface area (Å²) in [6.07, 6.45) is 1.62. The van der Waals surface area contributed by atoms with Gasteiger partial charge < -0.3 is 9.84 Å². The molecular weight excluding hydrogens is 254 g/mol. The first-order valence-corrected chi connectivity index (χ1v) is 7.30. The second-order valence-electron chi connectivity index (χ2n) is 4.36. The molecule has 1 saturated heterocycles. The number of hydrogen-bond donors (Lipinski definition) is 1. The first kappa shape index (κ1) is 13.3. The van der Waals surface area contributed by atoms with Gasteiger partial charge >= 0.3 is 0 Å². The molecule has 0 bridgehead atoms. The number of ether oxygens (including phenoxy) is 1. The van der Waals surface area contributed by atoms with Crippen molar-refractivity contribution in [1.82, 2.24) is 4.31 Å². The van der Waals surface area contributed by atoms with Gasteiger partial charge in [-0.25, -0.2) is 8.42 Å². The Kier molecular flexibility index (Phi) is 3.89. The molecule has 0 radical (unpaired) electrons. The average molecular weight is 271 g/mol. The lowest BCUT2D eigenvalue weighted by molar-refractivity contribution is 0.0572. The molecule has 1 aliphatic rings. The average Bonchev–Trinajstić information content (AvgIpc) is 2.39. The van der Waals surface area contributed by atoms with Crippen LogP contribution < -0.4 is 0 Å². The van der Waals surface area contributed by atoms with E-state index in [2.05, 4.69) is 0 Å². The molecule has 1 atom stereocenters. The predicted octanol–water partition coefficient (Wildman–Crippen LogP) is 1.19. The second-order valence-corrected chi connectivity index (χ2v) is 6.30. The minimum absolute atomic E-state index is 0.0450. The lowest BCUT2D eigenvalue weighted by Crippen LogP contribution is -2.42. The Balaban J connectivity index is 2.25. The molecule has 18 heavy (non-hydrogen) atoms. The summed E-state index contributed by atoms with van der Waals surface area (Å²) in [6.45, 7) is 0.867. The summed E-state index contributed by atoms with van der Waals surface area (Å²) in [5.74, 6) is -0.0450. The number of sulfonamides is 1. The van der Waals surface area contributed by atoms with Crippen LogP contribution >= 0.6 is 0 Å². The van der Waals surface area contributed by atoms with E-state index in [4.69, 9.17) is 4.74 Å². The molecule has 1 aromatic carbocycles. The Bertz CT molecular complexity index is 515. The number of benzene rings is 1. The summed E-state index contributed by atoms with van der Waals surface area (Å²) in [6, 6.07) is 5.74. The summed E-state index contributed by atoms with van der Waals surface area (Å²) in [4.78, 5) is 0.124. The molecule has 0 saturated carbocycles. The van der Waals surface area contributed by atoms with Crippen LogP contribution in [0.3, 0.4) is 0 Å². The minimum Gasteiger partial charge on any atom is -0.508 e. The number of aromatic hydroxyl groups is 1. The Hall–Kier alpha value is -1.11. The van der Waals surface area contributed by atoms with Gasteiger partial charge in [0.2, 0.25) is 10.0 Å². The molecule has 0 aliphatic carbocycles. The highest BCUT2D eigenvalue weighted by atomic mass is 32.2. The summed E-state index contributed by atoms with van der Waals surface area (Å²) in [5.41, 5.74) is 0. The third-order valence-corrected chi connectivity index (χ3v) is 4.99. The van der Waals surface area contributed by atoms with Crippen LogP contribution in [-0.4, -0.2) is 44.1 Å². The van der Waals surface area contributed by atoms with Gasteiger partial charge in [-0.05, 0) is 31.0 Å². The minimum atomic E-state index is -3.53. The lowest BCUT2D eigenvalue weighted by Gasteiger charge is -2.31. The molecule has 1 unspecified atom stereocenters. The van der Waals surface area contributed by atoms with E-state index >= 15 is 0 Å². The monoisotopic (exact) mass is 271 g/mol. The van der Waals surface area contributed by atoms with Crippen molar-refractivity contribution in [1.29, 1.82) is 0 Å². The van der Waals surface area contributed by atoms with Crippen molar-refractivity contribution < 1.29 is 18.3 Å². The normalized spacial score (nSPS) is 21.9. The standard InChI is InChI=1S/C12H17NO4S/c1-17-11-5-3-7-13(9-11)18(15,16)12-6-2-4-10(14)8-12/h2,4,6,8,11,14H,3,5,7,9H2,1H3. The Morgan fingerprint density at radius 3 is 2.89 bits per heavy atom. The van der Waals surface area contributed by atoms with Crippen molar-refractivity contribution in [2.24, 2.45) is 0 Å². The molecule has 5 nitrogen and oxygen atoms in total. The third-order valence-electron chi connectivity index (χ3n) is 3.13. The summed E-state index contributed by atoms with van der Waals surface area (Å²) in [7, 11) is -1.94. The van der Waals surface area contributed by atoms with Crippen LogP contribution in [0.1, 0.15) is 12.8 Å². The number of hydrogen-bond acceptors (Lipinski definition) is 4. The Morgan fingerprint density at radius 2 is 2.22 bits per heavy atom. The van der Waals surface area contributed by atoms with Gasteiger partial charge in [-0.15, -0.1) is 0 Å². The molecule has 0 amide bonds. The molecule has 1 fully saturated rings. The Morgan fingerprint density at radius 1 is 1.44 bits per heavy atom. The maximum absolute atomic E-state index is 12.4. The highest BCUT2D eigenvalue weighted by molar-refractivity contribution is 7.89. The maximum Gasteiger partial charge on any atom is 0.243 e. The number of phenolic OH excluding ortho intramolecular Hbond substituents is 1. The van der Waals surface area contributed by atoms with Crippen LogP contribution in [0.2, 0.25) is 0 Å². The van der Waals surface area contributed by atoms with Crippen molar-refractivity contribution in [2.75, 3.05) is 20.2 Å². The zero-order valence-corrected chi connectivity index (χ0v) is 11.1. The highest BCUT2D eigenvalue weighted by Crippen LogP contribution is 2.23. The van der Waals surface area contributed by atoms with Crippen LogP contribution in [0.5, 0.6) is 5.75 Å². The van der Waals surface area contributed by atoms with Gasteiger partial charge in [-0.1, -0.05) is 6.07 Å². The smallest absolute Gasteiger partial charge is 0.243 e. The molecule has 1 aromatic rings. The molecule has 1 heterocycles. The third kappa shape index (κ3) is 2.66. The van der Waals surface area contributed by atoms with E-state index in [1.54, 1.807) is 7.11 Å². The van der Waals surface area contributed by atoms with Crippen LogP contribution in [0.4, 0.5) is 0 Å². The first-order chi connectivity index (χ1) is 8.54. The maximum atomic E-state index is 12.4. The van der Waals surface area contributed by atoms with Crippen molar-refractivity contribution in [2.45, 2.75) is 23.8 Å². The molecule has 1 N–H and O–H groups in total. The van der Waals surface area contributed by atoms with Crippen LogP contribution in [0, 0.1) is 0 Å². The quantitative estimate of drug-likeness (QED) is 0.896. The highest BCUT2D eigenvalue weighted by Gasteiger charge is 2.30. The lowest BCUT2D eigenvalue weighted by atomic mass is 10.1. The molecule has 2 rings (SSSR count). The molecule has 6 heteroatoms. The summed E-state index contributed by atoms with van der Waals surface area (Å²) < 4.78 is 31.4. The SMILES string of the molecule is COC1CCCN(S(=O)(=O)c2cccc(O)c2)C1. The van der Waals surface area contributed by atoms with E-state index in [9.17, 15) is 13.5 Å². The molecule has 100 valence electrons. The van der Waals surface area contributed by atoms with Crippen molar-refractivity contribution >= 4 is 10.0 Å². The van der Waals surface area contributed by atoms with Crippen LogP contribution in [0.25, 0.3) is 0 Å². The zero-order chi connectivity index (χ0) is 13.2. The van der Waals surface area contributed by atoms with Crippen molar-refractivity contribution in [3.05, 3.63) is 24.3 Å². The van der Waals surface area contributed by atoms with Crippen LogP contribution in [-0.2, 0) is 14.8 Å². The molecule has 0 spiro atoms. The van der Waals surface area contributed by atoms with Gasteiger partial charge in [0.15, 0.2) is 0 Å². The van der Waals surface area contributed by atoms with E-state index in [0.717, 1.165) is 12.8 Å². The van der Waals surface area contributed by atoms with Gasteiger partial charge in [0.05, 0.1) is 11.0 Å². The zero-order valence-electron chi connectivity index (χ0n) is 10.2. The Labute approximate surface area is 107 Å².